The van der Waals surface area contributed by atoms with Gasteiger partial charge in [-0.1, -0.05) is 45.7 Å². The van der Waals surface area contributed by atoms with Crippen LogP contribution in [0.4, 0.5) is 4.39 Å². The van der Waals surface area contributed by atoms with E-state index in [1.165, 1.54) is 4.90 Å². The van der Waals surface area contributed by atoms with Crippen LogP contribution in [0.25, 0.3) is 10.4 Å². The molecule has 3 amide bonds. The van der Waals surface area contributed by atoms with Crippen LogP contribution in [0, 0.1) is 12.3 Å². The van der Waals surface area contributed by atoms with Gasteiger partial charge in [0.05, 0.1) is 28.8 Å². The van der Waals surface area contributed by atoms with E-state index in [1.54, 1.807) is 37.6 Å². The molecule has 250 valence electrons. The standard InChI is InChI=1S/C32H46FN5O5S.ClH/c1-20-26(44-19-36-20)21-9-10-22(25(15-21)43-14-8-6-5-7-13-34)17-35-28(40)24-16-23(39)18-38(24)29(41)27(31(2,3)4)37-30(42)32(33)11-12-32;/h9-10,15,19,23-24,27,39H,5-8,11-14,16-18,34H2,1-4H3,(H,35,40)(H,37,42);1H/t23-,24+,27-;/m1./s1. The highest BCUT2D eigenvalue weighted by Gasteiger charge is 2.53. The number of aliphatic hydroxyl groups is 1. The third-order valence-corrected chi connectivity index (χ3v) is 9.21. The number of ether oxygens (including phenoxy) is 1. The first kappa shape index (κ1) is 36.7. The number of aromatic nitrogens is 1. The van der Waals surface area contributed by atoms with Crippen LogP contribution in [-0.2, 0) is 20.9 Å². The number of hydrogen-bond donors (Lipinski definition) is 4. The van der Waals surface area contributed by atoms with Gasteiger partial charge in [-0.05, 0) is 56.2 Å². The van der Waals surface area contributed by atoms with Crippen molar-refractivity contribution in [3.63, 3.8) is 0 Å². The van der Waals surface area contributed by atoms with Gasteiger partial charge in [-0.25, -0.2) is 9.37 Å². The van der Waals surface area contributed by atoms with Crippen molar-refractivity contribution >= 4 is 41.5 Å². The highest BCUT2D eigenvalue weighted by atomic mass is 35.5. The maximum atomic E-state index is 14.5. The number of rotatable bonds is 14. The summed E-state index contributed by atoms with van der Waals surface area (Å²) in [6, 6.07) is 3.85. The van der Waals surface area contributed by atoms with Gasteiger partial charge in [-0.2, -0.15) is 0 Å². The topological polar surface area (TPSA) is 147 Å². The SMILES string of the molecule is Cc1ncsc1-c1ccc(CNC(=O)[C@@H]2C[C@@H](O)CN2C(=O)[C@@H](NC(=O)C2(F)CC2)C(C)(C)C)c(OCCCCCCN)c1.Cl. The van der Waals surface area contributed by atoms with Crippen LogP contribution >= 0.6 is 23.7 Å². The number of likely N-dealkylation sites (tertiary alicyclic amines) is 1. The van der Waals surface area contributed by atoms with Crippen molar-refractivity contribution in [3.05, 3.63) is 35.0 Å². The molecule has 2 fully saturated rings. The van der Waals surface area contributed by atoms with Crippen molar-refractivity contribution in [2.45, 2.75) is 103 Å². The molecule has 5 N–H and O–H groups in total. The van der Waals surface area contributed by atoms with E-state index in [0.717, 1.165) is 47.4 Å². The molecule has 2 heterocycles. The number of benzene rings is 1. The number of nitrogens with zero attached hydrogens (tertiary/aromatic N) is 2. The summed E-state index contributed by atoms with van der Waals surface area (Å²) >= 11 is 1.55. The molecule has 45 heavy (non-hydrogen) atoms. The van der Waals surface area contributed by atoms with Gasteiger partial charge in [0, 0.05) is 25.1 Å². The van der Waals surface area contributed by atoms with Crippen molar-refractivity contribution in [3.8, 4) is 16.2 Å². The Labute approximate surface area is 275 Å². The second-order valence-electron chi connectivity index (χ2n) is 13.0. The fourth-order valence-corrected chi connectivity index (χ4v) is 6.16. The Morgan fingerprint density at radius 1 is 1.22 bits per heavy atom. The zero-order valence-corrected chi connectivity index (χ0v) is 28.2. The average molecular weight is 668 g/mol. The second kappa shape index (κ2) is 15.7. The number of amides is 3. The molecule has 0 radical (unpaired) electrons. The van der Waals surface area contributed by atoms with E-state index < -0.39 is 47.0 Å². The summed E-state index contributed by atoms with van der Waals surface area (Å²) in [5.41, 5.74) is 7.40. The van der Waals surface area contributed by atoms with Crippen molar-refractivity contribution in [1.82, 2.24) is 20.5 Å². The van der Waals surface area contributed by atoms with E-state index in [-0.39, 0.29) is 44.8 Å². The Hall–Kier alpha value is -2.80. The zero-order valence-electron chi connectivity index (χ0n) is 26.6. The minimum atomic E-state index is -1.94. The Bertz CT molecular complexity index is 1330. The zero-order chi connectivity index (χ0) is 32.1. The molecule has 1 aromatic heterocycles. The summed E-state index contributed by atoms with van der Waals surface area (Å²) in [5, 5.41) is 16.0. The number of nitrogens with one attached hydrogen (secondary N) is 2. The fraction of sp³-hybridized carbons (Fsp3) is 0.625. The van der Waals surface area contributed by atoms with Crippen molar-refractivity contribution < 1.29 is 28.6 Å². The lowest BCUT2D eigenvalue weighted by Crippen LogP contribution is -2.59. The highest BCUT2D eigenvalue weighted by Crippen LogP contribution is 2.40. The summed E-state index contributed by atoms with van der Waals surface area (Å²) < 4.78 is 20.7. The number of aryl methyl sites for hydroxylation is 1. The molecule has 2 aromatic rings. The smallest absolute Gasteiger partial charge is 0.258 e. The summed E-state index contributed by atoms with van der Waals surface area (Å²) in [6.07, 6.45) is 3.32. The summed E-state index contributed by atoms with van der Waals surface area (Å²) in [5.74, 6) is -1.09. The lowest BCUT2D eigenvalue weighted by atomic mass is 9.85. The van der Waals surface area contributed by atoms with E-state index >= 15 is 0 Å². The molecule has 1 aromatic carbocycles. The Kier molecular flexibility index (Phi) is 12.8. The van der Waals surface area contributed by atoms with Crippen LogP contribution in [0.1, 0.15) is 77.0 Å². The second-order valence-corrected chi connectivity index (χ2v) is 13.8. The molecular formula is C32H47ClFN5O5S. The maximum Gasteiger partial charge on any atom is 0.258 e. The van der Waals surface area contributed by atoms with E-state index in [2.05, 4.69) is 15.6 Å². The number of aliphatic hydroxyl groups excluding tert-OH is 1. The normalized spacial score (nSPS) is 19.4. The lowest BCUT2D eigenvalue weighted by molar-refractivity contribution is -0.145. The highest BCUT2D eigenvalue weighted by molar-refractivity contribution is 7.13. The van der Waals surface area contributed by atoms with E-state index in [0.29, 0.717) is 18.9 Å². The maximum absolute atomic E-state index is 14.5. The molecule has 1 aliphatic carbocycles. The first-order valence-corrected chi connectivity index (χ1v) is 16.3. The monoisotopic (exact) mass is 667 g/mol. The van der Waals surface area contributed by atoms with Crippen LogP contribution in [-0.4, -0.2) is 76.3 Å². The van der Waals surface area contributed by atoms with Crippen LogP contribution in [0.15, 0.2) is 23.7 Å². The molecule has 13 heteroatoms. The van der Waals surface area contributed by atoms with Crippen molar-refractivity contribution in [2.75, 3.05) is 19.7 Å². The van der Waals surface area contributed by atoms with E-state index in [4.69, 9.17) is 10.5 Å². The van der Waals surface area contributed by atoms with Gasteiger partial charge in [0.1, 0.15) is 17.8 Å². The number of thiazole rings is 1. The van der Waals surface area contributed by atoms with Gasteiger partial charge in [-0.3, -0.25) is 14.4 Å². The van der Waals surface area contributed by atoms with Gasteiger partial charge >= 0.3 is 0 Å². The van der Waals surface area contributed by atoms with Crippen LogP contribution < -0.4 is 21.1 Å². The van der Waals surface area contributed by atoms with Gasteiger partial charge in [0.2, 0.25) is 11.8 Å². The average Bonchev–Trinajstić information content (AvgIpc) is 3.38. The van der Waals surface area contributed by atoms with Crippen LogP contribution in [0.2, 0.25) is 0 Å². The van der Waals surface area contributed by atoms with Crippen molar-refractivity contribution in [2.24, 2.45) is 11.1 Å². The van der Waals surface area contributed by atoms with Gasteiger partial charge in [0.15, 0.2) is 5.67 Å². The van der Waals surface area contributed by atoms with E-state index in [9.17, 15) is 23.9 Å². The van der Waals surface area contributed by atoms with Gasteiger partial charge < -0.3 is 31.1 Å². The molecule has 0 unspecified atom stereocenters. The summed E-state index contributed by atoms with van der Waals surface area (Å²) in [7, 11) is 0. The Balaban J connectivity index is 0.00000552. The number of β-amino-alcohol motifs (C(OH)–C–C–N with tert-alkyl or cyclic N) is 1. The van der Waals surface area contributed by atoms with Gasteiger partial charge in [0.25, 0.3) is 5.91 Å². The molecule has 1 saturated carbocycles. The quantitative estimate of drug-likeness (QED) is 0.222. The van der Waals surface area contributed by atoms with Crippen LogP contribution in [0.5, 0.6) is 5.75 Å². The van der Waals surface area contributed by atoms with E-state index in [1.807, 2.05) is 25.1 Å². The third-order valence-electron chi connectivity index (χ3n) is 8.23. The first-order valence-electron chi connectivity index (χ1n) is 15.5. The number of alkyl halides is 1. The molecule has 2 aliphatic rings. The number of nitrogens with two attached hydrogens (primary N) is 1. The number of carbonyl (C=O) groups excluding carboxylic acids is 3. The molecule has 1 saturated heterocycles. The molecule has 0 bridgehead atoms. The largest absolute Gasteiger partial charge is 0.493 e. The molecule has 10 nitrogen and oxygen atoms in total. The Morgan fingerprint density at radius 3 is 2.56 bits per heavy atom. The Morgan fingerprint density at radius 2 is 1.93 bits per heavy atom. The lowest BCUT2D eigenvalue weighted by Gasteiger charge is -2.35. The first-order chi connectivity index (χ1) is 20.8. The molecule has 4 rings (SSSR count). The van der Waals surface area contributed by atoms with Crippen molar-refractivity contribution in [1.29, 1.82) is 0 Å². The molecule has 3 atom stereocenters. The predicted molar refractivity (Wildman–Crippen MR) is 175 cm³/mol. The fourth-order valence-electron chi connectivity index (χ4n) is 5.36. The van der Waals surface area contributed by atoms with Gasteiger partial charge in [-0.15, -0.1) is 23.7 Å². The number of halogens is 2. The summed E-state index contributed by atoms with van der Waals surface area (Å²) in [4.78, 5) is 46.4. The molecule has 1 aliphatic heterocycles. The summed E-state index contributed by atoms with van der Waals surface area (Å²) in [6.45, 7) is 8.56. The third kappa shape index (κ3) is 9.37. The minimum absolute atomic E-state index is 0. The number of hydrogen-bond acceptors (Lipinski definition) is 8. The predicted octanol–water partition coefficient (Wildman–Crippen LogP) is 4.05. The number of unbranched alkanes of at least 4 members (excludes halogenated alkanes) is 3. The minimum Gasteiger partial charge on any atom is -0.493 e. The van der Waals surface area contributed by atoms with Crippen LogP contribution in [0.3, 0.4) is 0 Å². The number of carbonyl (C=O) groups is 3. The molecular weight excluding hydrogens is 621 g/mol. The molecule has 0 spiro atoms.